The van der Waals surface area contributed by atoms with Gasteiger partial charge in [0.2, 0.25) is 0 Å². The molecule has 4 atom stereocenters. The number of nitrogens with zero attached hydrogens (tertiary/aromatic N) is 2. The second-order valence-corrected chi connectivity index (χ2v) is 11.4. The molecule has 0 fully saturated rings. The molecule has 0 amide bonds. The van der Waals surface area contributed by atoms with E-state index < -0.39 is 0 Å². The van der Waals surface area contributed by atoms with Crippen LogP contribution in [0.25, 0.3) is 0 Å². The zero-order valence-corrected chi connectivity index (χ0v) is 21.1. The van der Waals surface area contributed by atoms with Gasteiger partial charge in [0, 0.05) is 34.9 Å². The lowest BCUT2D eigenvalue weighted by atomic mass is 9.77. The van der Waals surface area contributed by atoms with Crippen LogP contribution >= 0.6 is 0 Å². The molecular weight excluding hydrogens is 388 g/mol. The van der Waals surface area contributed by atoms with Crippen LogP contribution < -0.4 is 0 Å². The summed E-state index contributed by atoms with van der Waals surface area (Å²) in [4.78, 5) is 0. The zero-order chi connectivity index (χ0) is 22.0. The molecule has 0 radical (unpaired) electrons. The van der Waals surface area contributed by atoms with Crippen molar-refractivity contribution in [3.05, 3.63) is 45.0 Å². The van der Waals surface area contributed by atoms with Crippen LogP contribution in [-0.2, 0) is 44.9 Å². The fourth-order valence-corrected chi connectivity index (χ4v) is 8.79. The summed E-state index contributed by atoms with van der Waals surface area (Å²) in [5.74, 6) is 1.46. The molecule has 4 aliphatic rings. The van der Waals surface area contributed by atoms with Crippen molar-refractivity contribution in [2.75, 3.05) is 0 Å². The monoisotopic (exact) mass is 432 g/mol. The minimum atomic E-state index is 0.725. The van der Waals surface area contributed by atoms with Gasteiger partial charge in [-0.25, -0.2) is 0 Å². The molecule has 0 N–H and O–H groups in total. The number of hydrogen-bond acceptors (Lipinski definition) is 0. The maximum atomic E-state index is 2.85. The van der Waals surface area contributed by atoms with Gasteiger partial charge in [0.05, 0.1) is 0 Å². The molecule has 2 unspecified atom stereocenters. The van der Waals surface area contributed by atoms with Gasteiger partial charge in [0.25, 0.3) is 0 Å². The molecule has 2 aromatic rings. The van der Waals surface area contributed by atoms with Gasteiger partial charge >= 0.3 is 0 Å². The second kappa shape index (κ2) is 8.10. The van der Waals surface area contributed by atoms with Crippen molar-refractivity contribution in [1.29, 1.82) is 0 Å². The maximum Gasteiger partial charge on any atom is 0.0340 e. The molecule has 0 aliphatic carbocycles. The number of aromatic nitrogens is 2. The van der Waals surface area contributed by atoms with Gasteiger partial charge in [0.15, 0.2) is 0 Å². The Hall–Kier alpha value is -1.44. The Labute approximate surface area is 195 Å². The second-order valence-electron chi connectivity index (χ2n) is 11.4. The van der Waals surface area contributed by atoms with E-state index in [2.05, 4.69) is 36.8 Å². The minimum absolute atomic E-state index is 0.725. The summed E-state index contributed by atoms with van der Waals surface area (Å²) in [5.41, 5.74) is 14.1. The molecule has 2 heteroatoms. The largest absolute Gasteiger partial charge is 0.345 e. The van der Waals surface area contributed by atoms with Crippen LogP contribution in [0.2, 0.25) is 0 Å². The van der Waals surface area contributed by atoms with Crippen LogP contribution in [0.15, 0.2) is 0 Å². The average molecular weight is 433 g/mol. The third kappa shape index (κ3) is 2.90. The van der Waals surface area contributed by atoms with E-state index in [0.29, 0.717) is 0 Å². The van der Waals surface area contributed by atoms with E-state index in [9.17, 15) is 0 Å². The van der Waals surface area contributed by atoms with E-state index >= 15 is 0 Å². The van der Waals surface area contributed by atoms with Crippen molar-refractivity contribution in [1.82, 2.24) is 9.13 Å². The maximum absolute atomic E-state index is 2.85. The Bertz CT molecular complexity index is 1010. The summed E-state index contributed by atoms with van der Waals surface area (Å²) in [6.45, 7) is 9.90. The minimum Gasteiger partial charge on any atom is -0.345 e. The van der Waals surface area contributed by atoms with Crippen molar-refractivity contribution < 1.29 is 0 Å². The molecule has 0 aromatic carbocycles. The standard InChI is InChI=1S/C30H44N2/c1-5-22(30-24(7-3)27-13-9-11-21-15-17-29(30)32(21)27)19(4)18-25-23(6-2)26-12-8-10-20-14-16-28(25)31(20)26/h19-22H,5-18H2,1-4H3/t19?,20-,21-,22?/m1/s1. The molecule has 2 nitrogen and oxygen atoms in total. The molecule has 4 aliphatic heterocycles. The van der Waals surface area contributed by atoms with E-state index in [4.69, 9.17) is 0 Å². The SMILES string of the molecule is CCc1c(CC(C)C(CC)c2c(CC)c3n4c2CC[C@H]4CCC3)c2n3c1CCC[C@@H]3CC2. The lowest BCUT2D eigenvalue weighted by Gasteiger charge is -2.26. The summed E-state index contributed by atoms with van der Waals surface area (Å²) in [6.07, 6.45) is 18.9. The van der Waals surface area contributed by atoms with Gasteiger partial charge < -0.3 is 9.13 Å². The van der Waals surface area contributed by atoms with Crippen molar-refractivity contribution in [2.45, 2.75) is 136 Å². The molecule has 2 aromatic heterocycles. The van der Waals surface area contributed by atoms with E-state index in [-0.39, 0.29) is 0 Å². The first kappa shape index (κ1) is 21.1. The van der Waals surface area contributed by atoms with Gasteiger partial charge in [-0.1, -0.05) is 27.7 Å². The lowest BCUT2D eigenvalue weighted by molar-refractivity contribution is 0.419. The van der Waals surface area contributed by atoms with Gasteiger partial charge in [-0.2, -0.15) is 0 Å². The summed E-state index contributed by atoms with van der Waals surface area (Å²) in [7, 11) is 0. The van der Waals surface area contributed by atoms with Crippen LogP contribution in [0.1, 0.15) is 136 Å². The van der Waals surface area contributed by atoms with E-state index in [1.807, 2.05) is 5.56 Å². The van der Waals surface area contributed by atoms with Gasteiger partial charge in [0.1, 0.15) is 0 Å². The zero-order valence-electron chi connectivity index (χ0n) is 21.1. The molecule has 174 valence electrons. The molecule has 0 saturated heterocycles. The first-order chi connectivity index (χ1) is 15.7. The fourth-order valence-electron chi connectivity index (χ4n) is 8.79. The Balaban J connectivity index is 1.38. The van der Waals surface area contributed by atoms with Crippen LogP contribution in [0.5, 0.6) is 0 Å². The van der Waals surface area contributed by atoms with E-state index in [0.717, 1.165) is 23.9 Å². The first-order valence-electron chi connectivity index (χ1n) is 14.2. The third-order valence-corrected chi connectivity index (χ3v) is 10.0. The molecule has 6 heterocycles. The lowest BCUT2D eigenvalue weighted by Crippen LogP contribution is -2.16. The highest BCUT2D eigenvalue weighted by atomic mass is 15.1. The van der Waals surface area contributed by atoms with E-state index in [1.54, 1.807) is 39.5 Å². The molecule has 0 saturated carbocycles. The van der Waals surface area contributed by atoms with Crippen LogP contribution in [0, 0.1) is 5.92 Å². The normalized spacial score (nSPS) is 25.1. The fraction of sp³-hybridized carbons (Fsp3) is 0.733. The third-order valence-electron chi connectivity index (χ3n) is 10.0. The first-order valence-corrected chi connectivity index (χ1v) is 14.2. The van der Waals surface area contributed by atoms with Gasteiger partial charge in [-0.05, 0) is 124 Å². The van der Waals surface area contributed by atoms with E-state index in [1.165, 1.54) is 89.9 Å². The summed E-state index contributed by atoms with van der Waals surface area (Å²) in [5, 5.41) is 0. The number of hydrogen-bond donors (Lipinski definition) is 0. The Kier molecular flexibility index (Phi) is 5.35. The molecular formula is C30H44N2. The smallest absolute Gasteiger partial charge is 0.0340 e. The van der Waals surface area contributed by atoms with Crippen molar-refractivity contribution in [3.8, 4) is 0 Å². The van der Waals surface area contributed by atoms with Crippen molar-refractivity contribution >= 4 is 0 Å². The van der Waals surface area contributed by atoms with Gasteiger partial charge in [-0.15, -0.1) is 0 Å². The van der Waals surface area contributed by atoms with Gasteiger partial charge in [-0.3, -0.25) is 0 Å². The average Bonchev–Trinajstić information content (AvgIpc) is 3.56. The van der Waals surface area contributed by atoms with Crippen LogP contribution in [0.4, 0.5) is 0 Å². The molecule has 32 heavy (non-hydrogen) atoms. The topological polar surface area (TPSA) is 9.86 Å². The highest BCUT2D eigenvalue weighted by Gasteiger charge is 2.38. The predicted octanol–water partition coefficient (Wildman–Crippen LogP) is 7.43. The Morgan fingerprint density at radius 3 is 1.88 bits per heavy atom. The Morgan fingerprint density at radius 1 is 0.688 bits per heavy atom. The predicted molar refractivity (Wildman–Crippen MR) is 134 cm³/mol. The van der Waals surface area contributed by atoms with Crippen LogP contribution in [-0.4, -0.2) is 9.13 Å². The molecule has 6 rings (SSSR count). The number of rotatable bonds is 7. The summed E-state index contributed by atoms with van der Waals surface area (Å²) >= 11 is 0. The van der Waals surface area contributed by atoms with Crippen LogP contribution in [0.3, 0.4) is 0 Å². The highest BCUT2D eigenvalue weighted by molar-refractivity contribution is 5.46. The van der Waals surface area contributed by atoms with Crippen molar-refractivity contribution in [3.63, 3.8) is 0 Å². The molecule has 0 bridgehead atoms. The Morgan fingerprint density at radius 2 is 1.25 bits per heavy atom. The summed E-state index contributed by atoms with van der Waals surface area (Å²) < 4.78 is 5.69. The summed E-state index contributed by atoms with van der Waals surface area (Å²) in [6, 6.07) is 1.65. The molecule has 0 spiro atoms. The van der Waals surface area contributed by atoms with Crippen molar-refractivity contribution in [2.24, 2.45) is 5.92 Å². The highest BCUT2D eigenvalue weighted by Crippen LogP contribution is 2.48. The quantitative estimate of drug-likeness (QED) is 0.430.